The SMILES string of the molecule is OCC1OC(OC2=Cc3c(O)cc(O)c(C4c5c(O)cc(O)cc5OC(c5ccc(O)cc5)C4O)c3[OH+]C2c2ccc(O)cc2)C(O)C(O)C1O. The summed E-state index contributed by atoms with van der Waals surface area (Å²) in [5.74, 6) is -3.43. The van der Waals surface area contributed by atoms with Crippen LogP contribution in [0, 0.1) is 0 Å². The fourth-order valence-electron chi connectivity index (χ4n) is 6.77. The number of aliphatic hydroxyl groups is 6. The molecule has 7 rings (SSSR count). The molecular weight excluding hydrogens is 672 g/mol. The molecule has 1 fully saturated rings. The number of phenols is 6. The Kier molecular flexibility index (Phi) is 8.71. The van der Waals surface area contributed by atoms with Gasteiger partial charge < -0.3 is 75.1 Å². The molecule has 0 aliphatic carbocycles. The minimum atomic E-state index is -1.79. The lowest BCUT2D eigenvalue weighted by molar-refractivity contribution is -0.295. The van der Waals surface area contributed by atoms with Crippen LogP contribution in [0.5, 0.6) is 46.0 Å². The van der Waals surface area contributed by atoms with Crippen LogP contribution in [0.3, 0.4) is 0 Å². The van der Waals surface area contributed by atoms with Crippen molar-refractivity contribution in [2.45, 2.75) is 54.9 Å². The van der Waals surface area contributed by atoms with Crippen LogP contribution >= 0.6 is 0 Å². The van der Waals surface area contributed by atoms with Crippen molar-refractivity contribution >= 4 is 6.08 Å². The summed E-state index contributed by atoms with van der Waals surface area (Å²) in [5.41, 5.74) is 0.696. The first-order valence-electron chi connectivity index (χ1n) is 15.8. The van der Waals surface area contributed by atoms with Crippen LogP contribution in [0.15, 0.2) is 72.5 Å². The van der Waals surface area contributed by atoms with E-state index in [-0.39, 0.29) is 51.2 Å². The molecule has 0 bridgehead atoms. The minimum Gasteiger partial charge on any atom is -0.571 e. The summed E-state index contributed by atoms with van der Waals surface area (Å²) in [7, 11) is 0. The van der Waals surface area contributed by atoms with Crippen LogP contribution in [0.4, 0.5) is 0 Å². The van der Waals surface area contributed by atoms with Crippen LogP contribution in [-0.4, -0.2) is 104 Å². The molecule has 0 aromatic heterocycles. The van der Waals surface area contributed by atoms with Gasteiger partial charge >= 0.3 is 0 Å². The van der Waals surface area contributed by atoms with Gasteiger partial charge in [0.15, 0.2) is 11.9 Å². The van der Waals surface area contributed by atoms with Gasteiger partial charge in [0.05, 0.1) is 18.1 Å². The van der Waals surface area contributed by atoms with Crippen LogP contribution in [0.25, 0.3) is 6.08 Å². The van der Waals surface area contributed by atoms with E-state index in [1.54, 1.807) is 0 Å². The van der Waals surface area contributed by atoms with E-state index in [1.807, 2.05) is 0 Å². The van der Waals surface area contributed by atoms with E-state index in [9.17, 15) is 56.2 Å². The lowest BCUT2D eigenvalue weighted by Gasteiger charge is -2.41. The molecule has 12 N–H and O–H groups in total. The number of hydrogen-bond acceptors (Lipinski definition) is 14. The molecule has 0 saturated carbocycles. The second-order valence-electron chi connectivity index (χ2n) is 12.6. The Balaban J connectivity index is 1.40. The third-order valence-corrected chi connectivity index (χ3v) is 9.31. The second-order valence-corrected chi connectivity index (χ2v) is 12.6. The van der Waals surface area contributed by atoms with Gasteiger partial charge in [0, 0.05) is 29.8 Å². The molecule has 1 saturated heterocycles. The normalized spacial score (nSPS) is 28.4. The van der Waals surface area contributed by atoms with Gasteiger partial charge in [0.1, 0.15) is 81.9 Å². The van der Waals surface area contributed by atoms with Crippen LogP contribution in [-0.2, 0) is 9.47 Å². The highest BCUT2D eigenvalue weighted by molar-refractivity contribution is 5.74. The number of phenolic OH excluding ortho intramolecular Hbond substituents is 6. The zero-order chi connectivity index (χ0) is 36.3. The quantitative estimate of drug-likeness (QED) is 0.128. The molecule has 15 nitrogen and oxygen atoms in total. The molecule has 15 heteroatoms. The first-order valence-corrected chi connectivity index (χ1v) is 15.8. The third-order valence-electron chi connectivity index (χ3n) is 9.31. The maximum Gasteiger partial charge on any atom is 0.274 e. The Labute approximate surface area is 288 Å². The Morgan fingerprint density at radius 3 is 1.92 bits per heavy atom. The lowest BCUT2D eigenvalue weighted by atomic mass is 9.78. The zero-order valence-electron chi connectivity index (χ0n) is 26.4. The fraction of sp³-hybridized carbons (Fsp3) is 0.278. The van der Waals surface area contributed by atoms with Gasteiger partial charge in [-0.15, -0.1) is 0 Å². The van der Waals surface area contributed by atoms with E-state index in [0.29, 0.717) is 11.1 Å². The van der Waals surface area contributed by atoms with Crippen molar-refractivity contribution in [1.29, 1.82) is 0 Å². The highest BCUT2D eigenvalue weighted by Crippen LogP contribution is 2.58. The number of fused-ring (bicyclic) bond motifs is 2. The van der Waals surface area contributed by atoms with Crippen LogP contribution in [0.2, 0.25) is 0 Å². The highest BCUT2D eigenvalue weighted by Gasteiger charge is 2.49. The van der Waals surface area contributed by atoms with E-state index in [0.717, 1.165) is 12.1 Å². The standard InChI is InChI=1S/C36H34O15/c37-13-25-29(44)31(46)32(47)36(50-25)49-24-11-19-20(41)12-22(43)27(35(19)51-33(24)14-1-5-16(38)6-2-14)28-26-21(42)9-18(40)10-23(26)48-34(30(28)45)15-3-7-17(39)8-4-15/h1-12,25,28-34,36-47H,13H2/p+1. The molecule has 9 atom stereocenters. The Morgan fingerprint density at radius 2 is 1.27 bits per heavy atom. The van der Waals surface area contributed by atoms with Crippen molar-refractivity contribution in [3.05, 3.63) is 100 Å². The first kappa shape index (κ1) is 34.0. The van der Waals surface area contributed by atoms with Crippen molar-refractivity contribution in [3.8, 4) is 46.0 Å². The molecule has 4 aromatic carbocycles. The number of benzene rings is 4. The van der Waals surface area contributed by atoms with E-state index >= 15 is 0 Å². The van der Waals surface area contributed by atoms with Gasteiger partial charge in [0.25, 0.3) is 11.9 Å². The molecule has 3 heterocycles. The molecule has 3 aliphatic heterocycles. The smallest absolute Gasteiger partial charge is 0.274 e. The van der Waals surface area contributed by atoms with Gasteiger partial charge in [-0.1, -0.05) is 12.1 Å². The van der Waals surface area contributed by atoms with Crippen molar-refractivity contribution < 1.29 is 75.1 Å². The van der Waals surface area contributed by atoms with E-state index < -0.39 is 78.8 Å². The summed E-state index contributed by atoms with van der Waals surface area (Å²) in [6.45, 7) is -0.716. The summed E-state index contributed by atoms with van der Waals surface area (Å²) >= 11 is 0. The number of aromatic hydroxyl groups is 7. The maximum absolute atomic E-state index is 12.0. The first-order chi connectivity index (χ1) is 24.4. The van der Waals surface area contributed by atoms with Gasteiger partial charge in [-0.2, -0.15) is 0 Å². The number of rotatable bonds is 6. The van der Waals surface area contributed by atoms with Gasteiger partial charge in [-0.05, 0) is 42.0 Å². The molecular formula is C36H35O15+. The molecule has 0 spiro atoms. The van der Waals surface area contributed by atoms with Crippen molar-refractivity contribution in [2.75, 3.05) is 6.61 Å². The van der Waals surface area contributed by atoms with E-state index in [2.05, 4.69) is 0 Å². The molecule has 9 unspecified atom stereocenters. The monoisotopic (exact) mass is 707 g/mol. The van der Waals surface area contributed by atoms with Crippen LogP contribution in [0.1, 0.15) is 45.9 Å². The summed E-state index contributed by atoms with van der Waals surface area (Å²) in [4.78, 5) is 0. The highest BCUT2D eigenvalue weighted by atomic mass is 16.7. The van der Waals surface area contributed by atoms with Crippen molar-refractivity contribution in [2.24, 2.45) is 0 Å². The summed E-state index contributed by atoms with van der Waals surface area (Å²) in [5, 5.41) is 117. The van der Waals surface area contributed by atoms with Crippen molar-refractivity contribution in [1.82, 2.24) is 0 Å². The average Bonchev–Trinajstić information content (AvgIpc) is 3.10. The summed E-state index contributed by atoms with van der Waals surface area (Å²) in [6, 6.07) is 14.8. The van der Waals surface area contributed by atoms with Gasteiger partial charge in [-0.3, -0.25) is 0 Å². The molecule has 3 aliphatic rings. The molecule has 51 heavy (non-hydrogen) atoms. The molecule has 4 aromatic rings. The second kappa shape index (κ2) is 13.0. The van der Waals surface area contributed by atoms with E-state index in [4.69, 9.17) is 18.9 Å². The lowest BCUT2D eigenvalue weighted by Crippen LogP contribution is -2.59. The Hall–Kier alpha value is -5.42. The van der Waals surface area contributed by atoms with Crippen molar-refractivity contribution in [3.63, 3.8) is 0 Å². The average molecular weight is 708 g/mol. The topological polar surface area (TPSA) is 263 Å². The van der Waals surface area contributed by atoms with Gasteiger partial charge in [-0.25, -0.2) is 0 Å². The van der Waals surface area contributed by atoms with Gasteiger partial charge in [0.2, 0.25) is 6.29 Å². The van der Waals surface area contributed by atoms with E-state index in [1.165, 1.54) is 60.7 Å². The van der Waals surface area contributed by atoms with Crippen LogP contribution < -0.4 is 4.74 Å². The Bertz CT molecular complexity index is 1960. The predicted molar refractivity (Wildman–Crippen MR) is 174 cm³/mol. The molecule has 268 valence electrons. The third kappa shape index (κ3) is 5.95. The largest absolute Gasteiger partial charge is 0.571 e. The summed E-state index contributed by atoms with van der Waals surface area (Å²) in [6.07, 6.45) is -10.7. The summed E-state index contributed by atoms with van der Waals surface area (Å²) < 4.78 is 22.5. The Morgan fingerprint density at radius 1 is 0.647 bits per heavy atom. The predicted octanol–water partition coefficient (Wildman–Crippen LogP) is 1.70. The molecule has 0 amide bonds. The number of hydrogen-bond donors (Lipinski definition) is 11. The maximum atomic E-state index is 12.0. The minimum absolute atomic E-state index is 0.0118. The zero-order valence-corrected chi connectivity index (χ0v) is 26.4. The fourth-order valence-corrected chi connectivity index (χ4v) is 6.77. The number of ether oxygens (including phenoxy) is 4. The molecule has 0 radical (unpaired) electrons. The number of aliphatic hydroxyl groups excluding tert-OH is 5.